The molecule has 0 bridgehead atoms. The number of aryl methyl sites for hydroxylation is 1. The van der Waals surface area contributed by atoms with Gasteiger partial charge in [0, 0.05) is 37.8 Å². The molecule has 0 atom stereocenters. The summed E-state index contributed by atoms with van der Waals surface area (Å²) in [5.74, 6) is -0.165. The molecule has 1 amide bonds. The molecule has 2 N–H and O–H groups in total. The fourth-order valence-electron chi connectivity index (χ4n) is 4.19. The molecular weight excluding hydrogens is 497 g/mol. The van der Waals surface area contributed by atoms with E-state index in [1.54, 1.807) is 55.1 Å². The van der Waals surface area contributed by atoms with Gasteiger partial charge in [0.1, 0.15) is 23.7 Å². The summed E-state index contributed by atoms with van der Waals surface area (Å²) in [6.07, 6.45) is 2.88. The molecule has 0 saturated heterocycles. The Hall–Kier alpha value is -3.83. The van der Waals surface area contributed by atoms with Gasteiger partial charge in [-0.05, 0) is 30.2 Å². The molecule has 0 aliphatic heterocycles. The van der Waals surface area contributed by atoms with Crippen molar-refractivity contribution in [1.82, 2.24) is 19.0 Å². The highest BCUT2D eigenvalue weighted by atomic mass is 32.2. The minimum Gasteiger partial charge on any atom is -0.347 e. The van der Waals surface area contributed by atoms with E-state index in [0.717, 1.165) is 6.42 Å². The minimum absolute atomic E-state index is 0.0374. The Morgan fingerprint density at radius 1 is 1.14 bits per heavy atom. The van der Waals surface area contributed by atoms with E-state index in [4.69, 9.17) is 5.14 Å². The molecule has 0 aliphatic carbocycles. The Labute approximate surface area is 214 Å². The number of imidazole rings is 1. The number of hydrogen-bond acceptors (Lipinski definition) is 5. The zero-order valence-corrected chi connectivity index (χ0v) is 21.6. The van der Waals surface area contributed by atoms with Crippen molar-refractivity contribution in [3.8, 4) is 11.1 Å². The third-order valence-electron chi connectivity index (χ3n) is 6.11. The van der Waals surface area contributed by atoms with Gasteiger partial charge in [0.2, 0.25) is 15.9 Å². The Morgan fingerprint density at radius 3 is 2.51 bits per heavy atom. The molecule has 37 heavy (non-hydrogen) atoms. The van der Waals surface area contributed by atoms with Crippen molar-refractivity contribution in [2.45, 2.75) is 37.8 Å². The number of aromatic nitrogens is 3. The van der Waals surface area contributed by atoms with Crippen LogP contribution in [0.15, 0.2) is 64.4 Å². The number of benzene rings is 2. The lowest BCUT2D eigenvalue weighted by atomic mass is 10.0. The van der Waals surface area contributed by atoms with Crippen LogP contribution in [0.4, 0.5) is 4.39 Å². The number of rotatable bonds is 8. The Balaban J connectivity index is 1.79. The molecule has 194 valence electrons. The first-order valence-corrected chi connectivity index (χ1v) is 13.2. The van der Waals surface area contributed by atoms with Crippen molar-refractivity contribution in [3.05, 3.63) is 82.3 Å². The molecule has 2 aromatic heterocycles. The fourth-order valence-corrected chi connectivity index (χ4v) is 4.95. The van der Waals surface area contributed by atoms with Crippen LogP contribution in [0.2, 0.25) is 0 Å². The van der Waals surface area contributed by atoms with E-state index in [2.05, 4.69) is 4.98 Å². The maximum Gasteiger partial charge on any atom is 0.277 e. The quantitative estimate of drug-likeness (QED) is 0.379. The van der Waals surface area contributed by atoms with Gasteiger partial charge >= 0.3 is 0 Å². The second-order valence-corrected chi connectivity index (χ2v) is 10.5. The molecule has 0 radical (unpaired) electrons. The molecular formula is C26H28FN5O4S. The zero-order chi connectivity index (χ0) is 26.9. The molecule has 2 aromatic carbocycles. The lowest BCUT2D eigenvalue weighted by Gasteiger charge is -2.14. The average Bonchev–Trinajstić information content (AvgIpc) is 3.19. The first-order chi connectivity index (χ1) is 17.5. The SMILES string of the molecule is CCCc1nc2ccn(CC(=O)N(C)C)c(=O)c2n1Cc1ccc(-c2ccccc2S(N)(=O)=O)cc1F. The predicted molar refractivity (Wildman–Crippen MR) is 139 cm³/mol. The highest BCUT2D eigenvalue weighted by molar-refractivity contribution is 7.89. The first-order valence-electron chi connectivity index (χ1n) is 11.7. The normalized spacial score (nSPS) is 11.7. The topological polar surface area (TPSA) is 120 Å². The van der Waals surface area contributed by atoms with Crippen LogP contribution in [0.3, 0.4) is 0 Å². The van der Waals surface area contributed by atoms with Gasteiger partial charge in [-0.15, -0.1) is 0 Å². The van der Waals surface area contributed by atoms with Gasteiger partial charge in [0.15, 0.2) is 0 Å². The van der Waals surface area contributed by atoms with Gasteiger partial charge in [0.25, 0.3) is 5.56 Å². The van der Waals surface area contributed by atoms with E-state index in [-0.39, 0.29) is 29.5 Å². The number of sulfonamides is 1. The van der Waals surface area contributed by atoms with Crippen molar-refractivity contribution < 1.29 is 17.6 Å². The third kappa shape index (κ3) is 5.32. The smallest absolute Gasteiger partial charge is 0.277 e. The number of likely N-dealkylation sites (N-methyl/N-ethyl adjacent to an activating group) is 1. The van der Waals surface area contributed by atoms with Crippen LogP contribution in [-0.4, -0.2) is 47.4 Å². The van der Waals surface area contributed by atoms with Crippen LogP contribution < -0.4 is 10.7 Å². The van der Waals surface area contributed by atoms with E-state index in [1.807, 2.05) is 6.92 Å². The summed E-state index contributed by atoms with van der Waals surface area (Å²) in [6.45, 7) is 1.90. The lowest BCUT2D eigenvalue weighted by Crippen LogP contribution is -2.32. The summed E-state index contributed by atoms with van der Waals surface area (Å²) >= 11 is 0. The second-order valence-electron chi connectivity index (χ2n) is 8.98. The summed E-state index contributed by atoms with van der Waals surface area (Å²) < 4.78 is 42.4. The Bertz CT molecular complexity index is 1660. The van der Waals surface area contributed by atoms with E-state index < -0.39 is 15.8 Å². The maximum atomic E-state index is 15.4. The second kappa shape index (κ2) is 10.3. The number of pyridine rings is 1. The number of hydrogen-bond donors (Lipinski definition) is 1. The van der Waals surface area contributed by atoms with Gasteiger partial charge < -0.3 is 14.0 Å². The Morgan fingerprint density at radius 2 is 1.86 bits per heavy atom. The number of halogens is 1. The summed E-state index contributed by atoms with van der Waals surface area (Å²) in [6, 6.07) is 12.2. The number of nitrogens with two attached hydrogens (primary N) is 1. The molecule has 4 rings (SSSR count). The zero-order valence-electron chi connectivity index (χ0n) is 20.8. The van der Waals surface area contributed by atoms with Crippen molar-refractivity contribution in [1.29, 1.82) is 0 Å². The lowest BCUT2D eigenvalue weighted by molar-refractivity contribution is -0.129. The fraction of sp³-hybridized carbons (Fsp3) is 0.269. The maximum absolute atomic E-state index is 15.4. The van der Waals surface area contributed by atoms with Crippen molar-refractivity contribution in [2.75, 3.05) is 14.1 Å². The molecule has 0 aliphatic rings. The van der Waals surface area contributed by atoms with Crippen LogP contribution in [0, 0.1) is 5.82 Å². The van der Waals surface area contributed by atoms with Crippen molar-refractivity contribution in [2.24, 2.45) is 5.14 Å². The van der Waals surface area contributed by atoms with Gasteiger partial charge in [-0.2, -0.15) is 0 Å². The van der Waals surface area contributed by atoms with E-state index in [9.17, 15) is 18.0 Å². The predicted octanol–water partition coefficient (Wildman–Crippen LogP) is 2.74. The average molecular weight is 526 g/mol. The van der Waals surface area contributed by atoms with E-state index in [0.29, 0.717) is 40.0 Å². The number of carbonyl (C=O) groups is 1. The van der Waals surface area contributed by atoms with Crippen molar-refractivity contribution >= 4 is 27.0 Å². The van der Waals surface area contributed by atoms with E-state index >= 15 is 4.39 Å². The standard InChI is InChI=1S/C26H28FN5O4S/c1-4-7-23-29-21-12-13-31(16-24(33)30(2)3)26(34)25(21)32(23)15-18-11-10-17(14-20(18)27)19-8-5-6-9-22(19)37(28,35)36/h5-6,8-14H,4,7,15-16H2,1-3H3,(H2,28,35,36). The molecule has 0 spiro atoms. The monoisotopic (exact) mass is 525 g/mol. The van der Waals surface area contributed by atoms with Gasteiger partial charge in [-0.1, -0.05) is 37.3 Å². The minimum atomic E-state index is -4.00. The summed E-state index contributed by atoms with van der Waals surface area (Å²) in [5.41, 5.74) is 1.33. The molecule has 0 fully saturated rings. The molecule has 11 heteroatoms. The Kier molecular flexibility index (Phi) is 7.28. The molecule has 0 unspecified atom stereocenters. The summed E-state index contributed by atoms with van der Waals surface area (Å²) in [7, 11) is -0.775. The van der Waals surface area contributed by atoms with Crippen molar-refractivity contribution in [3.63, 3.8) is 0 Å². The summed E-state index contributed by atoms with van der Waals surface area (Å²) in [4.78, 5) is 31.5. The molecule has 4 aromatic rings. The first kappa shape index (κ1) is 26.2. The van der Waals surface area contributed by atoms with Gasteiger partial charge in [-0.25, -0.2) is 22.9 Å². The van der Waals surface area contributed by atoms with Gasteiger partial charge in [0.05, 0.1) is 17.0 Å². The van der Waals surface area contributed by atoms with Crippen LogP contribution in [0.25, 0.3) is 22.2 Å². The van der Waals surface area contributed by atoms with E-state index in [1.165, 1.54) is 27.8 Å². The number of carbonyl (C=O) groups excluding carboxylic acids is 1. The van der Waals surface area contributed by atoms with Crippen LogP contribution in [0.1, 0.15) is 24.7 Å². The van der Waals surface area contributed by atoms with Crippen LogP contribution in [-0.2, 0) is 34.3 Å². The number of nitrogens with zero attached hydrogens (tertiary/aromatic N) is 4. The molecule has 2 heterocycles. The van der Waals surface area contributed by atoms with Crippen LogP contribution >= 0.6 is 0 Å². The molecule has 0 saturated carbocycles. The number of amides is 1. The number of primary sulfonamides is 1. The highest BCUT2D eigenvalue weighted by Gasteiger charge is 2.19. The third-order valence-corrected chi connectivity index (χ3v) is 7.08. The largest absolute Gasteiger partial charge is 0.347 e. The van der Waals surface area contributed by atoms with Gasteiger partial charge in [-0.3, -0.25) is 9.59 Å². The summed E-state index contributed by atoms with van der Waals surface area (Å²) in [5, 5.41) is 5.34. The van der Waals surface area contributed by atoms with Crippen LogP contribution in [0.5, 0.6) is 0 Å². The number of fused-ring (bicyclic) bond motifs is 1. The molecule has 9 nitrogen and oxygen atoms in total. The highest BCUT2D eigenvalue weighted by Crippen LogP contribution is 2.28.